The number of anilines is 1. The number of urea groups is 1. The maximum Gasteiger partial charge on any atom is 0.315 e. The number of hydrogen-bond donors (Lipinski definition) is 2. The van der Waals surface area contributed by atoms with Crippen molar-refractivity contribution in [1.29, 1.82) is 0 Å². The lowest BCUT2D eigenvalue weighted by molar-refractivity contribution is 0.232. The van der Waals surface area contributed by atoms with Crippen LogP contribution in [0, 0.1) is 5.92 Å². The molecule has 2 amide bonds. The van der Waals surface area contributed by atoms with E-state index in [1.54, 1.807) is 7.11 Å². The van der Waals surface area contributed by atoms with E-state index in [0.717, 1.165) is 41.7 Å². The molecule has 1 saturated heterocycles. The minimum atomic E-state index is -0.186. The molecule has 31 heavy (non-hydrogen) atoms. The lowest BCUT2D eigenvalue weighted by Gasteiger charge is -2.31. The number of pyridine rings is 1. The highest BCUT2D eigenvalue weighted by atomic mass is 16.5. The summed E-state index contributed by atoms with van der Waals surface area (Å²) >= 11 is 0. The lowest BCUT2D eigenvalue weighted by atomic mass is 9.99. The Hall–Kier alpha value is -2.80. The molecule has 7 nitrogen and oxygen atoms in total. The van der Waals surface area contributed by atoms with Gasteiger partial charge >= 0.3 is 6.03 Å². The fraction of sp³-hybridized carbons (Fsp3) is 0.500. The van der Waals surface area contributed by atoms with Crippen LogP contribution >= 0.6 is 0 Å². The quantitative estimate of drug-likeness (QED) is 0.678. The van der Waals surface area contributed by atoms with E-state index in [4.69, 9.17) is 4.74 Å². The van der Waals surface area contributed by atoms with Crippen molar-refractivity contribution in [1.82, 2.24) is 20.5 Å². The molecule has 0 radical (unpaired) electrons. The van der Waals surface area contributed by atoms with Gasteiger partial charge in [-0.25, -0.2) is 9.78 Å². The summed E-state index contributed by atoms with van der Waals surface area (Å²) in [7, 11) is 5.66. The summed E-state index contributed by atoms with van der Waals surface area (Å²) in [6.45, 7) is 5.40. The number of likely N-dealkylation sites (N-methyl/N-ethyl adjacent to an activating group) is 1. The number of aromatic nitrogens is 1. The second kappa shape index (κ2) is 11.0. The second-order valence-corrected chi connectivity index (χ2v) is 8.51. The molecule has 1 aromatic heterocycles. The Balaban J connectivity index is 1.46. The third kappa shape index (κ3) is 6.59. The number of rotatable bonds is 8. The highest BCUT2D eigenvalue weighted by Gasteiger charge is 2.17. The number of nitrogens with one attached hydrogen (secondary N) is 2. The molecule has 2 heterocycles. The zero-order valence-electron chi connectivity index (χ0n) is 19.1. The van der Waals surface area contributed by atoms with Crippen molar-refractivity contribution < 1.29 is 9.53 Å². The summed E-state index contributed by atoms with van der Waals surface area (Å²) < 4.78 is 5.23. The standard InChI is InChI=1S/C24H35N5O2/c1-18-11-13-29(14-12-18)23-10-5-19(15-25-23)16-26-24(30)27-17-22(28(2)3)20-6-8-21(31-4)9-7-20/h5-10,15,18,22H,11-14,16-17H2,1-4H3,(H2,26,27,30). The summed E-state index contributed by atoms with van der Waals surface area (Å²) in [5.74, 6) is 2.64. The van der Waals surface area contributed by atoms with Gasteiger partial charge in [-0.2, -0.15) is 0 Å². The first kappa shape index (κ1) is 22.9. The van der Waals surface area contributed by atoms with Gasteiger partial charge in [0.2, 0.25) is 0 Å². The van der Waals surface area contributed by atoms with Crippen LogP contribution in [0.25, 0.3) is 0 Å². The molecule has 1 aromatic carbocycles. The number of benzene rings is 1. The number of piperidine rings is 1. The van der Waals surface area contributed by atoms with Gasteiger partial charge in [-0.05, 0) is 62.2 Å². The highest BCUT2D eigenvalue weighted by Crippen LogP contribution is 2.22. The van der Waals surface area contributed by atoms with E-state index in [2.05, 4.69) is 38.4 Å². The van der Waals surface area contributed by atoms with E-state index in [1.165, 1.54) is 12.8 Å². The molecule has 0 bridgehead atoms. The van der Waals surface area contributed by atoms with E-state index in [1.807, 2.05) is 50.6 Å². The average Bonchev–Trinajstić information content (AvgIpc) is 2.79. The number of methoxy groups -OCH3 is 1. The summed E-state index contributed by atoms with van der Waals surface area (Å²) in [6, 6.07) is 11.9. The minimum absolute atomic E-state index is 0.0740. The molecule has 3 rings (SSSR count). The molecule has 1 aliphatic rings. The molecule has 1 unspecified atom stereocenters. The van der Waals surface area contributed by atoms with Gasteiger partial charge in [0.25, 0.3) is 0 Å². The normalized spacial score (nSPS) is 15.6. The summed E-state index contributed by atoms with van der Waals surface area (Å²) in [5, 5.41) is 5.90. The van der Waals surface area contributed by atoms with Gasteiger partial charge in [-0.3, -0.25) is 0 Å². The van der Waals surface area contributed by atoms with Crippen LogP contribution in [0.2, 0.25) is 0 Å². The molecule has 1 atom stereocenters. The maximum atomic E-state index is 12.3. The number of hydrogen-bond acceptors (Lipinski definition) is 5. The topological polar surface area (TPSA) is 69.7 Å². The van der Waals surface area contributed by atoms with Gasteiger partial charge < -0.3 is 25.2 Å². The second-order valence-electron chi connectivity index (χ2n) is 8.51. The van der Waals surface area contributed by atoms with Gasteiger partial charge in [0.05, 0.1) is 13.2 Å². The Morgan fingerprint density at radius 3 is 2.45 bits per heavy atom. The number of ether oxygens (including phenoxy) is 1. The molecule has 0 spiro atoms. The molecule has 7 heteroatoms. The van der Waals surface area contributed by atoms with Crippen LogP contribution in [0.5, 0.6) is 5.75 Å². The lowest BCUT2D eigenvalue weighted by Crippen LogP contribution is -2.40. The smallest absolute Gasteiger partial charge is 0.315 e. The zero-order chi connectivity index (χ0) is 22.2. The Bertz CT molecular complexity index is 815. The predicted molar refractivity (Wildman–Crippen MR) is 125 cm³/mol. The van der Waals surface area contributed by atoms with Gasteiger partial charge in [0.1, 0.15) is 11.6 Å². The minimum Gasteiger partial charge on any atom is -0.497 e. The number of carbonyl (C=O) groups is 1. The first-order valence-electron chi connectivity index (χ1n) is 11.0. The van der Waals surface area contributed by atoms with Crippen molar-refractivity contribution in [3.8, 4) is 5.75 Å². The molecule has 2 aromatic rings. The van der Waals surface area contributed by atoms with Crippen LogP contribution in [-0.4, -0.2) is 56.8 Å². The molecular weight excluding hydrogens is 390 g/mol. The van der Waals surface area contributed by atoms with Gasteiger partial charge in [-0.1, -0.05) is 25.1 Å². The van der Waals surface area contributed by atoms with Crippen molar-refractivity contribution in [2.75, 3.05) is 45.7 Å². The molecule has 2 N–H and O–H groups in total. The Kier molecular flexibility index (Phi) is 8.12. The van der Waals surface area contributed by atoms with E-state index in [0.29, 0.717) is 13.1 Å². The van der Waals surface area contributed by atoms with Crippen LogP contribution in [0.3, 0.4) is 0 Å². The first-order chi connectivity index (χ1) is 15.0. The Morgan fingerprint density at radius 1 is 1.16 bits per heavy atom. The van der Waals surface area contributed by atoms with Crippen molar-refractivity contribution in [3.63, 3.8) is 0 Å². The van der Waals surface area contributed by atoms with Gasteiger partial charge in [0.15, 0.2) is 0 Å². The van der Waals surface area contributed by atoms with E-state index < -0.39 is 0 Å². The van der Waals surface area contributed by atoms with Crippen molar-refractivity contribution in [2.45, 2.75) is 32.4 Å². The third-order valence-corrected chi connectivity index (χ3v) is 5.95. The predicted octanol–water partition coefficient (Wildman–Crippen LogP) is 3.43. The van der Waals surface area contributed by atoms with Crippen LogP contribution < -0.4 is 20.3 Å². The highest BCUT2D eigenvalue weighted by molar-refractivity contribution is 5.73. The van der Waals surface area contributed by atoms with E-state index >= 15 is 0 Å². The maximum absolute atomic E-state index is 12.3. The fourth-order valence-electron chi connectivity index (χ4n) is 3.80. The van der Waals surface area contributed by atoms with E-state index in [9.17, 15) is 4.79 Å². The molecule has 0 saturated carbocycles. The third-order valence-electron chi connectivity index (χ3n) is 5.95. The molecule has 0 aliphatic carbocycles. The number of nitrogens with zero attached hydrogens (tertiary/aromatic N) is 3. The summed E-state index contributed by atoms with van der Waals surface area (Å²) in [4.78, 5) is 21.4. The largest absolute Gasteiger partial charge is 0.497 e. The summed E-state index contributed by atoms with van der Waals surface area (Å²) in [5.41, 5.74) is 2.11. The van der Waals surface area contributed by atoms with E-state index in [-0.39, 0.29) is 12.1 Å². The average molecular weight is 426 g/mol. The Labute approximate surface area is 185 Å². The monoisotopic (exact) mass is 425 g/mol. The van der Waals surface area contributed by atoms with Crippen LogP contribution in [0.1, 0.15) is 36.9 Å². The molecule has 1 fully saturated rings. The van der Waals surface area contributed by atoms with Gasteiger partial charge in [-0.15, -0.1) is 0 Å². The van der Waals surface area contributed by atoms with Crippen LogP contribution in [0.15, 0.2) is 42.6 Å². The fourth-order valence-corrected chi connectivity index (χ4v) is 3.80. The van der Waals surface area contributed by atoms with Crippen LogP contribution in [0.4, 0.5) is 10.6 Å². The van der Waals surface area contributed by atoms with Crippen molar-refractivity contribution >= 4 is 11.8 Å². The molecule has 1 aliphatic heterocycles. The SMILES string of the molecule is COc1ccc(C(CNC(=O)NCc2ccc(N3CCC(C)CC3)nc2)N(C)C)cc1. The molecule has 168 valence electrons. The van der Waals surface area contributed by atoms with Gasteiger partial charge in [0, 0.05) is 32.4 Å². The molecular formula is C24H35N5O2. The first-order valence-corrected chi connectivity index (χ1v) is 11.0. The van der Waals surface area contributed by atoms with Crippen molar-refractivity contribution in [2.24, 2.45) is 5.92 Å². The number of amides is 2. The number of carbonyl (C=O) groups excluding carboxylic acids is 1. The van der Waals surface area contributed by atoms with Crippen molar-refractivity contribution in [3.05, 3.63) is 53.7 Å². The summed E-state index contributed by atoms with van der Waals surface area (Å²) in [6.07, 6.45) is 4.29. The Morgan fingerprint density at radius 2 is 1.87 bits per heavy atom. The zero-order valence-corrected chi connectivity index (χ0v) is 19.1. The van der Waals surface area contributed by atoms with Crippen LogP contribution in [-0.2, 0) is 6.54 Å².